The highest BCUT2D eigenvalue weighted by molar-refractivity contribution is 6.01. The Morgan fingerprint density at radius 2 is 1.29 bits per heavy atom. The zero-order valence-corrected chi connectivity index (χ0v) is 20.6. The summed E-state index contributed by atoms with van der Waals surface area (Å²) in [7, 11) is 0. The first-order chi connectivity index (χ1) is 15.9. The molecule has 0 heterocycles. The van der Waals surface area contributed by atoms with Crippen LogP contribution in [0.4, 0.5) is 9.59 Å². The van der Waals surface area contributed by atoms with Gasteiger partial charge in [-0.15, -0.1) is 5.10 Å². The molecular formula is C25H34N4O5. The van der Waals surface area contributed by atoms with Gasteiger partial charge in [0.2, 0.25) is 5.96 Å². The summed E-state index contributed by atoms with van der Waals surface area (Å²) in [6.07, 6.45) is -1.52. The van der Waals surface area contributed by atoms with Crippen molar-refractivity contribution in [2.24, 2.45) is 5.10 Å². The van der Waals surface area contributed by atoms with E-state index in [4.69, 9.17) is 14.2 Å². The van der Waals surface area contributed by atoms with Crippen LogP contribution in [0.5, 0.6) is 5.75 Å². The van der Waals surface area contributed by atoms with Crippen LogP contribution in [0.2, 0.25) is 0 Å². The van der Waals surface area contributed by atoms with E-state index in [0.717, 1.165) is 16.9 Å². The van der Waals surface area contributed by atoms with Crippen LogP contribution >= 0.6 is 0 Å². The summed E-state index contributed by atoms with van der Waals surface area (Å²) in [5.74, 6) is 0.598. The standard InChI is InChI=1S/C25H34N4O5/c1-24(2,3)33-22(30)27-21(28-23(31)34-25(4,5)6)29-26-16-18-12-14-20(15-13-18)32-17-19-10-8-7-9-11-19/h7-15,26H,16-17H2,1-6H3,(H2,27,28,29,30,31). The number of hydrazone groups is 1. The van der Waals surface area contributed by atoms with Crippen molar-refractivity contribution in [3.63, 3.8) is 0 Å². The second-order valence-electron chi connectivity index (χ2n) is 9.47. The molecular weight excluding hydrogens is 436 g/mol. The minimum absolute atomic E-state index is 0.147. The van der Waals surface area contributed by atoms with Crippen LogP contribution in [-0.2, 0) is 22.6 Å². The summed E-state index contributed by atoms with van der Waals surface area (Å²) >= 11 is 0. The predicted molar refractivity (Wildman–Crippen MR) is 130 cm³/mol. The maximum Gasteiger partial charge on any atom is 0.414 e. The molecule has 34 heavy (non-hydrogen) atoms. The number of benzene rings is 2. The van der Waals surface area contributed by atoms with Gasteiger partial charge in [-0.1, -0.05) is 42.5 Å². The number of nitrogens with one attached hydrogen (secondary N) is 3. The van der Waals surface area contributed by atoms with E-state index in [-0.39, 0.29) is 5.96 Å². The predicted octanol–water partition coefficient (Wildman–Crippen LogP) is 4.68. The quantitative estimate of drug-likeness (QED) is 0.321. The van der Waals surface area contributed by atoms with Gasteiger partial charge in [-0.05, 0) is 64.8 Å². The summed E-state index contributed by atoms with van der Waals surface area (Å²) in [6.45, 7) is 11.2. The van der Waals surface area contributed by atoms with Gasteiger partial charge >= 0.3 is 12.2 Å². The number of carbonyl (C=O) groups excluding carboxylic acids is 2. The number of ether oxygens (including phenoxy) is 3. The molecule has 9 heteroatoms. The number of hydrogen-bond donors (Lipinski definition) is 3. The maximum absolute atomic E-state index is 12.1. The van der Waals surface area contributed by atoms with Gasteiger partial charge in [0, 0.05) is 0 Å². The molecule has 184 valence electrons. The average molecular weight is 471 g/mol. The molecule has 0 saturated heterocycles. The lowest BCUT2D eigenvalue weighted by Gasteiger charge is -2.22. The largest absolute Gasteiger partial charge is 0.489 e. The third kappa shape index (κ3) is 11.2. The molecule has 9 nitrogen and oxygen atoms in total. The Bertz CT molecular complexity index is 930. The second kappa shape index (κ2) is 11.9. The average Bonchev–Trinajstić information content (AvgIpc) is 2.71. The van der Waals surface area contributed by atoms with Crippen LogP contribution < -0.4 is 20.8 Å². The van der Waals surface area contributed by atoms with Gasteiger partial charge in [0.25, 0.3) is 0 Å². The number of guanidine groups is 1. The van der Waals surface area contributed by atoms with Crippen molar-refractivity contribution in [1.29, 1.82) is 0 Å². The molecule has 2 aromatic rings. The molecule has 3 N–H and O–H groups in total. The molecule has 0 atom stereocenters. The lowest BCUT2D eigenvalue weighted by atomic mass is 10.2. The Balaban J connectivity index is 1.95. The summed E-state index contributed by atoms with van der Waals surface area (Å²) in [5.41, 5.74) is 3.41. The molecule has 0 fully saturated rings. The van der Waals surface area contributed by atoms with Gasteiger partial charge < -0.3 is 19.6 Å². The molecule has 0 bridgehead atoms. The fourth-order valence-corrected chi connectivity index (χ4v) is 2.54. The van der Waals surface area contributed by atoms with Crippen molar-refractivity contribution in [1.82, 2.24) is 16.1 Å². The topological polar surface area (TPSA) is 110 Å². The van der Waals surface area contributed by atoms with E-state index in [0.29, 0.717) is 13.2 Å². The molecule has 0 aromatic heterocycles. The second-order valence-corrected chi connectivity index (χ2v) is 9.47. The van der Waals surface area contributed by atoms with E-state index in [2.05, 4.69) is 21.2 Å². The number of carbonyl (C=O) groups is 2. The molecule has 2 rings (SSSR count). The van der Waals surface area contributed by atoms with Gasteiger partial charge in [-0.3, -0.25) is 10.6 Å². The van der Waals surface area contributed by atoms with Crippen molar-refractivity contribution < 1.29 is 23.8 Å². The lowest BCUT2D eigenvalue weighted by Crippen LogP contribution is -2.47. The monoisotopic (exact) mass is 470 g/mol. The van der Waals surface area contributed by atoms with Crippen LogP contribution in [0, 0.1) is 0 Å². The van der Waals surface area contributed by atoms with Crippen molar-refractivity contribution in [3.8, 4) is 5.75 Å². The van der Waals surface area contributed by atoms with Crippen molar-refractivity contribution >= 4 is 18.1 Å². The summed E-state index contributed by atoms with van der Waals surface area (Å²) in [4.78, 5) is 24.2. The lowest BCUT2D eigenvalue weighted by molar-refractivity contribution is 0.0544. The fourth-order valence-electron chi connectivity index (χ4n) is 2.54. The Morgan fingerprint density at radius 1 is 0.765 bits per heavy atom. The van der Waals surface area contributed by atoms with Crippen LogP contribution in [0.25, 0.3) is 0 Å². The van der Waals surface area contributed by atoms with Gasteiger partial charge in [0.05, 0.1) is 6.54 Å². The van der Waals surface area contributed by atoms with Gasteiger partial charge in [0.1, 0.15) is 23.6 Å². The Morgan fingerprint density at radius 3 is 1.79 bits per heavy atom. The zero-order valence-electron chi connectivity index (χ0n) is 20.6. The van der Waals surface area contributed by atoms with Gasteiger partial charge in [-0.2, -0.15) is 0 Å². The molecule has 0 radical (unpaired) electrons. The highest BCUT2D eigenvalue weighted by atomic mass is 16.6. The number of hydrogen-bond acceptors (Lipinski definition) is 7. The van der Waals surface area contributed by atoms with E-state index in [9.17, 15) is 9.59 Å². The highest BCUT2D eigenvalue weighted by Gasteiger charge is 2.21. The maximum atomic E-state index is 12.1. The minimum atomic E-state index is -0.760. The first-order valence-corrected chi connectivity index (χ1v) is 11.0. The zero-order chi connectivity index (χ0) is 25.2. The van der Waals surface area contributed by atoms with Crippen LogP contribution in [0.3, 0.4) is 0 Å². The molecule has 0 saturated carbocycles. The van der Waals surface area contributed by atoms with E-state index in [1.807, 2.05) is 54.6 Å². The smallest absolute Gasteiger partial charge is 0.414 e. The molecule has 0 aliphatic rings. The molecule has 2 aromatic carbocycles. The number of nitrogens with zero attached hydrogens (tertiary/aromatic N) is 1. The minimum Gasteiger partial charge on any atom is -0.489 e. The number of alkyl carbamates (subject to hydrolysis) is 2. The Labute approximate surface area is 200 Å². The molecule has 0 aliphatic heterocycles. The number of rotatable bonds is 6. The van der Waals surface area contributed by atoms with Gasteiger partial charge in [-0.25, -0.2) is 9.59 Å². The van der Waals surface area contributed by atoms with Crippen LogP contribution in [-0.4, -0.2) is 29.3 Å². The third-order valence-electron chi connectivity index (χ3n) is 3.88. The molecule has 2 amide bonds. The number of amides is 2. The summed E-state index contributed by atoms with van der Waals surface area (Å²) in [5, 5.41) is 8.89. The SMILES string of the molecule is CC(C)(C)OC(=O)NC(=NNCc1ccc(OCc2ccccc2)cc1)NC(=O)OC(C)(C)C. The fraction of sp³-hybridized carbons (Fsp3) is 0.400. The summed E-state index contributed by atoms with van der Waals surface area (Å²) in [6, 6.07) is 17.4. The van der Waals surface area contributed by atoms with Crippen molar-refractivity contribution in [3.05, 3.63) is 65.7 Å². The molecule has 0 spiro atoms. The third-order valence-corrected chi connectivity index (χ3v) is 3.88. The first kappa shape index (κ1) is 26.5. The summed E-state index contributed by atoms with van der Waals surface area (Å²) < 4.78 is 16.2. The van der Waals surface area contributed by atoms with E-state index in [1.54, 1.807) is 41.5 Å². The molecule has 0 aliphatic carbocycles. The molecule has 0 unspecified atom stereocenters. The van der Waals surface area contributed by atoms with Crippen LogP contribution in [0.15, 0.2) is 59.7 Å². The van der Waals surface area contributed by atoms with E-state index in [1.165, 1.54) is 0 Å². The van der Waals surface area contributed by atoms with Crippen LogP contribution in [0.1, 0.15) is 52.7 Å². The Kier molecular flexibility index (Phi) is 9.29. The van der Waals surface area contributed by atoms with E-state index < -0.39 is 23.4 Å². The highest BCUT2D eigenvalue weighted by Crippen LogP contribution is 2.14. The normalized spacial score (nSPS) is 11.1. The van der Waals surface area contributed by atoms with Crippen molar-refractivity contribution in [2.45, 2.75) is 65.9 Å². The van der Waals surface area contributed by atoms with E-state index >= 15 is 0 Å². The first-order valence-electron chi connectivity index (χ1n) is 11.0. The van der Waals surface area contributed by atoms with Gasteiger partial charge in [0.15, 0.2) is 0 Å². The van der Waals surface area contributed by atoms with Crippen molar-refractivity contribution in [2.75, 3.05) is 0 Å². The Hall–Kier alpha value is -3.75.